The first-order valence-electron chi connectivity index (χ1n) is 10.4. The summed E-state index contributed by atoms with van der Waals surface area (Å²) in [5.74, 6) is 1.02. The number of hydrogen-bond acceptors (Lipinski definition) is 2. The van der Waals surface area contributed by atoms with E-state index in [0.717, 1.165) is 36.6 Å². The molecule has 28 heavy (non-hydrogen) atoms. The fraction of sp³-hybridized carbons (Fsp3) is 0.360. The van der Waals surface area contributed by atoms with Gasteiger partial charge in [0.15, 0.2) is 0 Å². The summed E-state index contributed by atoms with van der Waals surface area (Å²) >= 11 is 6.41. The second kappa shape index (κ2) is 7.00. The number of halogens is 1. The molecule has 1 heterocycles. The molecule has 1 saturated carbocycles. The van der Waals surface area contributed by atoms with Crippen molar-refractivity contribution in [3.8, 4) is 5.75 Å². The summed E-state index contributed by atoms with van der Waals surface area (Å²) in [5.41, 5.74) is 2.50. The molecule has 2 nitrogen and oxygen atoms in total. The molecule has 1 aliphatic carbocycles. The van der Waals surface area contributed by atoms with Crippen molar-refractivity contribution in [1.29, 1.82) is 0 Å². The normalized spacial score (nSPS) is 20.1. The highest BCUT2D eigenvalue weighted by molar-refractivity contribution is 6.30. The van der Waals surface area contributed by atoms with Crippen LogP contribution in [-0.2, 0) is 0 Å². The molecular weight excluding hydrogens is 366 g/mol. The van der Waals surface area contributed by atoms with Crippen LogP contribution >= 0.6 is 11.6 Å². The first-order valence-corrected chi connectivity index (χ1v) is 10.8. The van der Waals surface area contributed by atoms with E-state index in [-0.39, 0.29) is 11.6 Å². The van der Waals surface area contributed by atoms with Crippen LogP contribution in [0.15, 0.2) is 60.7 Å². The molecular formula is C25H26ClNO. The Hall–Kier alpha value is -2.19. The number of anilines is 1. The van der Waals surface area contributed by atoms with Crippen LogP contribution in [0.2, 0.25) is 5.02 Å². The molecule has 1 unspecified atom stereocenters. The van der Waals surface area contributed by atoms with Crippen LogP contribution in [0.25, 0.3) is 10.8 Å². The quantitative estimate of drug-likeness (QED) is 0.469. The minimum absolute atomic E-state index is 0.0243. The van der Waals surface area contributed by atoms with Gasteiger partial charge in [0, 0.05) is 34.6 Å². The molecule has 3 heteroatoms. The molecule has 2 aliphatic rings. The van der Waals surface area contributed by atoms with Gasteiger partial charge in [-0.1, -0.05) is 48.0 Å². The zero-order chi connectivity index (χ0) is 19.1. The zero-order valence-electron chi connectivity index (χ0n) is 16.3. The third kappa shape index (κ3) is 2.95. The topological polar surface area (TPSA) is 12.5 Å². The summed E-state index contributed by atoms with van der Waals surface area (Å²) in [6.45, 7) is 3.20. The van der Waals surface area contributed by atoms with E-state index in [0.29, 0.717) is 0 Å². The number of fused-ring (bicyclic) bond motifs is 2. The Kier molecular flexibility index (Phi) is 4.47. The van der Waals surface area contributed by atoms with Gasteiger partial charge in [0.25, 0.3) is 0 Å². The molecule has 1 atom stereocenters. The predicted octanol–water partition coefficient (Wildman–Crippen LogP) is 7.16. The minimum Gasteiger partial charge on any atom is -0.487 e. The van der Waals surface area contributed by atoms with E-state index in [1.54, 1.807) is 0 Å². The van der Waals surface area contributed by atoms with Crippen LogP contribution < -0.4 is 9.64 Å². The summed E-state index contributed by atoms with van der Waals surface area (Å²) < 4.78 is 6.60. The SMILES string of the molecule is CCN(c1cccc2ccccc12)C1CC2(CCCC2)Oc2ccc(Cl)cc21. The Morgan fingerprint density at radius 3 is 2.64 bits per heavy atom. The number of nitrogens with zero attached hydrogens (tertiary/aromatic N) is 1. The number of benzene rings is 3. The third-order valence-corrected chi connectivity index (χ3v) is 6.77. The fourth-order valence-corrected chi connectivity index (χ4v) is 5.41. The molecule has 1 spiro atoms. The van der Waals surface area contributed by atoms with Gasteiger partial charge in [0.05, 0.1) is 6.04 Å². The van der Waals surface area contributed by atoms with Crippen LogP contribution in [0.1, 0.15) is 50.6 Å². The molecule has 0 bridgehead atoms. The van der Waals surface area contributed by atoms with Gasteiger partial charge < -0.3 is 9.64 Å². The molecule has 3 aromatic rings. The fourth-order valence-electron chi connectivity index (χ4n) is 5.23. The highest BCUT2D eigenvalue weighted by Crippen LogP contribution is 2.50. The Bertz CT molecular complexity index is 1000. The highest BCUT2D eigenvalue weighted by Gasteiger charge is 2.44. The van der Waals surface area contributed by atoms with E-state index >= 15 is 0 Å². The molecule has 0 aromatic heterocycles. The molecule has 0 N–H and O–H groups in total. The average Bonchev–Trinajstić information content (AvgIpc) is 3.17. The van der Waals surface area contributed by atoms with E-state index in [1.807, 2.05) is 6.07 Å². The van der Waals surface area contributed by atoms with Crippen molar-refractivity contribution in [3.63, 3.8) is 0 Å². The minimum atomic E-state index is -0.0243. The standard InChI is InChI=1S/C25H26ClNO/c1-2-27(22-11-7-9-18-8-3-4-10-20(18)22)23-17-25(14-5-6-15-25)28-24-13-12-19(26)16-21(23)24/h3-4,7-13,16,23H,2,5-6,14-15,17H2,1H3. The van der Waals surface area contributed by atoms with E-state index in [1.165, 1.54) is 34.9 Å². The van der Waals surface area contributed by atoms with Crippen LogP contribution in [0.4, 0.5) is 5.69 Å². The summed E-state index contributed by atoms with van der Waals surface area (Å²) in [6, 6.07) is 21.7. The van der Waals surface area contributed by atoms with Crippen molar-refractivity contribution in [1.82, 2.24) is 0 Å². The maximum atomic E-state index is 6.60. The summed E-state index contributed by atoms with van der Waals surface area (Å²) in [7, 11) is 0. The number of ether oxygens (including phenoxy) is 1. The summed E-state index contributed by atoms with van der Waals surface area (Å²) in [6.07, 6.45) is 5.85. The van der Waals surface area contributed by atoms with Crippen LogP contribution in [0.3, 0.4) is 0 Å². The summed E-state index contributed by atoms with van der Waals surface area (Å²) in [5, 5.41) is 3.37. The molecule has 1 aliphatic heterocycles. The number of rotatable bonds is 3. The van der Waals surface area contributed by atoms with E-state index in [2.05, 4.69) is 66.4 Å². The van der Waals surface area contributed by atoms with E-state index in [9.17, 15) is 0 Å². The Morgan fingerprint density at radius 1 is 1.04 bits per heavy atom. The molecule has 0 amide bonds. The molecule has 0 radical (unpaired) electrons. The first-order chi connectivity index (χ1) is 13.7. The van der Waals surface area contributed by atoms with Crippen molar-refractivity contribution in [2.45, 2.75) is 50.7 Å². The predicted molar refractivity (Wildman–Crippen MR) is 118 cm³/mol. The lowest BCUT2D eigenvalue weighted by Gasteiger charge is -2.45. The Labute approximate surface area is 172 Å². The average molecular weight is 392 g/mol. The van der Waals surface area contributed by atoms with Gasteiger partial charge in [-0.3, -0.25) is 0 Å². The van der Waals surface area contributed by atoms with Crippen molar-refractivity contribution in [2.75, 3.05) is 11.4 Å². The van der Waals surface area contributed by atoms with E-state index in [4.69, 9.17) is 16.3 Å². The van der Waals surface area contributed by atoms with Gasteiger partial charge >= 0.3 is 0 Å². The Morgan fingerprint density at radius 2 is 1.82 bits per heavy atom. The second-order valence-electron chi connectivity index (χ2n) is 8.18. The van der Waals surface area contributed by atoms with Crippen molar-refractivity contribution in [2.24, 2.45) is 0 Å². The van der Waals surface area contributed by atoms with Gasteiger partial charge in [-0.2, -0.15) is 0 Å². The van der Waals surface area contributed by atoms with Crippen molar-refractivity contribution < 1.29 is 4.74 Å². The van der Waals surface area contributed by atoms with Gasteiger partial charge in [0.1, 0.15) is 11.4 Å². The van der Waals surface area contributed by atoms with Gasteiger partial charge in [0.2, 0.25) is 0 Å². The smallest absolute Gasteiger partial charge is 0.125 e. The monoisotopic (exact) mass is 391 g/mol. The third-order valence-electron chi connectivity index (χ3n) is 6.53. The molecule has 144 valence electrons. The largest absolute Gasteiger partial charge is 0.487 e. The Balaban J connectivity index is 1.65. The first kappa shape index (κ1) is 17.9. The molecule has 3 aromatic carbocycles. The van der Waals surface area contributed by atoms with Gasteiger partial charge in [-0.25, -0.2) is 0 Å². The number of hydrogen-bond donors (Lipinski definition) is 0. The van der Waals surface area contributed by atoms with Gasteiger partial charge in [-0.15, -0.1) is 0 Å². The highest BCUT2D eigenvalue weighted by atomic mass is 35.5. The maximum Gasteiger partial charge on any atom is 0.125 e. The van der Waals surface area contributed by atoms with Gasteiger partial charge in [-0.05, 0) is 62.3 Å². The second-order valence-corrected chi connectivity index (χ2v) is 8.61. The molecule has 0 saturated heterocycles. The van der Waals surface area contributed by atoms with E-state index < -0.39 is 0 Å². The lowest BCUT2D eigenvalue weighted by atomic mass is 9.84. The lowest BCUT2D eigenvalue weighted by molar-refractivity contribution is 0.0414. The van der Waals surface area contributed by atoms with Crippen molar-refractivity contribution in [3.05, 3.63) is 71.2 Å². The molecule has 1 fully saturated rings. The lowest BCUT2D eigenvalue weighted by Crippen LogP contribution is -2.43. The van der Waals surface area contributed by atoms with Crippen LogP contribution in [-0.4, -0.2) is 12.1 Å². The van der Waals surface area contributed by atoms with Crippen molar-refractivity contribution >= 4 is 28.1 Å². The molecule has 5 rings (SSSR count). The summed E-state index contributed by atoms with van der Waals surface area (Å²) in [4.78, 5) is 2.56. The van der Waals surface area contributed by atoms with Crippen LogP contribution in [0, 0.1) is 0 Å². The maximum absolute atomic E-state index is 6.60. The zero-order valence-corrected chi connectivity index (χ0v) is 17.1. The van der Waals surface area contributed by atoms with Crippen LogP contribution in [0.5, 0.6) is 5.75 Å².